The molecule has 2 amide bonds. The van der Waals surface area contributed by atoms with Gasteiger partial charge in [-0.15, -0.1) is 0 Å². The molecule has 0 fully saturated rings. The summed E-state index contributed by atoms with van der Waals surface area (Å²) in [6.45, 7) is 9.68. The summed E-state index contributed by atoms with van der Waals surface area (Å²) in [5.41, 5.74) is 0.0748. The van der Waals surface area contributed by atoms with E-state index in [9.17, 15) is 9.59 Å². The molecule has 160 valence electrons. The molecule has 7 heteroatoms. The smallest absolute Gasteiger partial charge is 0.275 e. The molecule has 3 rings (SSSR count). The van der Waals surface area contributed by atoms with Gasteiger partial charge >= 0.3 is 0 Å². The predicted octanol–water partition coefficient (Wildman–Crippen LogP) is 5.58. The minimum absolute atomic E-state index is 0.103. The fraction of sp³-hybridized carbons (Fsp3) is 0.435. The first kappa shape index (κ1) is 22.1. The van der Waals surface area contributed by atoms with Crippen LogP contribution in [0, 0.1) is 11.8 Å². The van der Waals surface area contributed by atoms with Gasteiger partial charge in [0.15, 0.2) is 5.60 Å². The van der Waals surface area contributed by atoms with Crippen LogP contribution in [-0.4, -0.2) is 22.4 Å². The van der Waals surface area contributed by atoms with E-state index >= 15 is 0 Å². The van der Waals surface area contributed by atoms with Crippen molar-refractivity contribution in [3.63, 3.8) is 0 Å². The molecule has 1 aliphatic rings. The van der Waals surface area contributed by atoms with Gasteiger partial charge in [-0.05, 0) is 56.0 Å². The summed E-state index contributed by atoms with van der Waals surface area (Å²) in [5, 5.41) is 3.36. The average Bonchev–Trinajstić information content (AvgIpc) is 2.67. The molecule has 1 aromatic carbocycles. The third-order valence-electron chi connectivity index (χ3n) is 5.23. The highest BCUT2D eigenvalue weighted by atomic mass is 35.5. The molecular formula is C23H28ClN3O3. The fourth-order valence-electron chi connectivity index (χ4n) is 3.57. The van der Waals surface area contributed by atoms with Crippen molar-refractivity contribution in [3.05, 3.63) is 41.4 Å². The number of amides is 2. The van der Waals surface area contributed by atoms with Crippen molar-refractivity contribution in [3.8, 4) is 5.88 Å². The number of aromatic nitrogens is 1. The third kappa shape index (κ3) is 4.43. The number of rotatable bonds is 6. The first-order valence-electron chi connectivity index (χ1n) is 10.3. The molecule has 6 nitrogen and oxygen atoms in total. The highest BCUT2D eigenvalue weighted by Gasteiger charge is 2.46. The average molecular weight is 430 g/mol. The second kappa shape index (κ2) is 8.64. The third-order valence-corrected chi connectivity index (χ3v) is 5.47. The molecule has 0 saturated heterocycles. The molecule has 30 heavy (non-hydrogen) atoms. The summed E-state index contributed by atoms with van der Waals surface area (Å²) in [4.78, 5) is 31.9. The number of hydrogen-bond acceptors (Lipinski definition) is 4. The van der Waals surface area contributed by atoms with Crippen molar-refractivity contribution < 1.29 is 14.3 Å². The van der Waals surface area contributed by atoms with Crippen molar-refractivity contribution in [1.29, 1.82) is 0 Å². The summed E-state index contributed by atoms with van der Waals surface area (Å²) in [6, 6.07) is 10.5. The molecule has 0 saturated carbocycles. The van der Waals surface area contributed by atoms with Crippen LogP contribution in [-0.2, 0) is 9.59 Å². The largest absolute Gasteiger partial charge is 0.460 e. The molecule has 1 aromatic heterocycles. The van der Waals surface area contributed by atoms with Gasteiger partial charge in [-0.25, -0.2) is 0 Å². The number of ether oxygens (including phenoxy) is 1. The molecule has 0 aliphatic carbocycles. The Morgan fingerprint density at radius 1 is 1.27 bits per heavy atom. The van der Waals surface area contributed by atoms with Crippen molar-refractivity contribution >= 4 is 40.6 Å². The van der Waals surface area contributed by atoms with Crippen molar-refractivity contribution in [2.24, 2.45) is 11.8 Å². The quantitative estimate of drug-likeness (QED) is 0.650. The maximum atomic E-state index is 13.5. The van der Waals surface area contributed by atoms with E-state index in [-0.39, 0.29) is 23.7 Å². The molecule has 0 bridgehead atoms. The van der Waals surface area contributed by atoms with E-state index in [1.54, 1.807) is 42.2 Å². The van der Waals surface area contributed by atoms with Crippen LogP contribution in [0.25, 0.3) is 0 Å². The van der Waals surface area contributed by atoms with E-state index < -0.39 is 5.60 Å². The van der Waals surface area contributed by atoms with Gasteiger partial charge in [-0.3, -0.25) is 14.5 Å². The molecule has 1 aliphatic heterocycles. The van der Waals surface area contributed by atoms with Gasteiger partial charge in [0.1, 0.15) is 11.5 Å². The standard InChI is InChI=1S/C23H28ClN3O3/c1-6-15(4)20(28)25-19-11-10-18-21(26-19)30-23(5,13-14(2)3)22(29)27(18)17-9-7-8-16(24)12-17/h7-12,14-15H,6,13H2,1-5H3,(H,25,26,28)/t15-,23?/m1/s1. The van der Waals surface area contributed by atoms with Gasteiger partial charge in [-0.1, -0.05) is 45.4 Å². The van der Waals surface area contributed by atoms with Gasteiger partial charge in [-0.2, -0.15) is 4.98 Å². The molecular weight excluding hydrogens is 402 g/mol. The Kier molecular flexibility index (Phi) is 6.36. The molecule has 2 atom stereocenters. The van der Waals surface area contributed by atoms with Crippen LogP contribution in [0.3, 0.4) is 0 Å². The van der Waals surface area contributed by atoms with Crippen LogP contribution in [0.2, 0.25) is 5.02 Å². The van der Waals surface area contributed by atoms with E-state index in [4.69, 9.17) is 16.3 Å². The van der Waals surface area contributed by atoms with E-state index in [1.807, 2.05) is 33.8 Å². The SMILES string of the molecule is CC[C@@H](C)C(=O)Nc1ccc2c(n1)OC(C)(CC(C)C)C(=O)N2c1cccc(Cl)c1. The maximum Gasteiger partial charge on any atom is 0.275 e. The Morgan fingerprint density at radius 3 is 2.63 bits per heavy atom. The summed E-state index contributed by atoms with van der Waals surface area (Å²) in [5.74, 6) is 0.526. The lowest BCUT2D eigenvalue weighted by Gasteiger charge is -2.40. The Labute approximate surface area is 182 Å². The second-order valence-corrected chi connectivity index (χ2v) is 8.81. The summed E-state index contributed by atoms with van der Waals surface area (Å²) in [7, 11) is 0. The number of carbonyl (C=O) groups is 2. The monoisotopic (exact) mass is 429 g/mol. The van der Waals surface area contributed by atoms with Crippen LogP contribution >= 0.6 is 11.6 Å². The zero-order valence-electron chi connectivity index (χ0n) is 18.0. The lowest BCUT2D eigenvalue weighted by molar-refractivity contribution is -0.134. The normalized spacial score (nSPS) is 19.3. The minimum Gasteiger partial charge on any atom is -0.460 e. The van der Waals surface area contributed by atoms with E-state index in [0.717, 1.165) is 6.42 Å². The number of carbonyl (C=O) groups excluding carboxylic acids is 2. The van der Waals surface area contributed by atoms with Gasteiger partial charge in [0, 0.05) is 10.9 Å². The number of halogens is 1. The first-order chi connectivity index (χ1) is 14.1. The molecule has 0 radical (unpaired) electrons. The molecule has 1 unspecified atom stereocenters. The van der Waals surface area contributed by atoms with E-state index in [1.165, 1.54) is 0 Å². The summed E-state index contributed by atoms with van der Waals surface area (Å²) < 4.78 is 6.15. The number of hydrogen-bond donors (Lipinski definition) is 1. The number of nitrogens with zero attached hydrogens (tertiary/aromatic N) is 2. The fourth-order valence-corrected chi connectivity index (χ4v) is 3.75. The number of fused-ring (bicyclic) bond motifs is 1. The lowest BCUT2D eigenvalue weighted by Crippen LogP contribution is -2.53. The highest BCUT2D eigenvalue weighted by molar-refractivity contribution is 6.31. The van der Waals surface area contributed by atoms with E-state index in [0.29, 0.717) is 34.5 Å². The summed E-state index contributed by atoms with van der Waals surface area (Å²) >= 11 is 6.19. The molecule has 2 heterocycles. The highest BCUT2D eigenvalue weighted by Crippen LogP contribution is 2.43. The van der Waals surface area contributed by atoms with Gasteiger partial charge < -0.3 is 10.1 Å². The maximum absolute atomic E-state index is 13.5. The lowest BCUT2D eigenvalue weighted by atomic mass is 9.91. The van der Waals surface area contributed by atoms with Crippen LogP contribution in [0.4, 0.5) is 17.2 Å². The Balaban J connectivity index is 2.06. The van der Waals surface area contributed by atoms with Crippen LogP contribution in [0.5, 0.6) is 5.88 Å². The summed E-state index contributed by atoms with van der Waals surface area (Å²) in [6.07, 6.45) is 1.25. The Morgan fingerprint density at radius 2 is 2.00 bits per heavy atom. The van der Waals surface area contributed by atoms with Crippen LogP contribution in [0.1, 0.15) is 47.5 Å². The predicted molar refractivity (Wildman–Crippen MR) is 119 cm³/mol. The van der Waals surface area contributed by atoms with Crippen molar-refractivity contribution in [2.45, 2.75) is 53.1 Å². The first-order valence-corrected chi connectivity index (χ1v) is 10.6. The molecule has 1 N–H and O–H groups in total. The topological polar surface area (TPSA) is 71.5 Å². The Bertz CT molecular complexity index is 962. The van der Waals surface area contributed by atoms with Gasteiger partial charge in [0.2, 0.25) is 11.8 Å². The van der Waals surface area contributed by atoms with Crippen molar-refractivity contribution in [1.82, 2.24) is 4.98 Å². The Hall–Kier alpha value is -2.60. The number of benzene rings is 1. The zero-order chi connectivity index (χ0) is 22.1. The van der Waals surface area contributed by atoms with Gasteiger partial charge in [0.25, 0.3) is 5.91 Å². The van der Waals surface area contributed by atoms with Gasteiger partial charge in [0.05, 0.1) is 5.69 Å². The molecule has 2 aromatic rings. The molecule has 0 spiro atoms. The number of anilines is 3. The van der Waals surface area contributed by atoms with Crippen molar-refractivity contribution in [2.75, 3.05) is 10.2 Å². The second-order valence-electron chi connectivity index (χ2n) is 8.37. The van der Waals surface area contributed by atoms with E-state index in [2.05, 4.69) is 10.3 Å². The number of pyridine rings is 1. The number of nitrogens with one attached hydrogen (secondary N) is 1. The van der Waals surface area contributed by atoms with Crippen LogP contribution in [0.15, 0.2) is 36.4 Å². The van der Waals surface area contributed by atoms with Crippen LogP contribution < -0.4 is 15.0 Å². The zero-order valence-corrected chi connectivity index (χ0v) is 18.8. The minimum atomic E-state index is -1.09.